The third-order valence-electron chi connectivity index (χ3n) is 15.7. The zero-order chi connectivity index (χ0) is 52.8. The average Bonchev–Trinajstić information content (AvgIpc) is 3.75. The molecule has 0 amide bonds. The van der Waals surface area contributed by atoms with E-state index >= 15 is 0 Å². The van der Waals surface area contributed by atoms with Gasteiger partial charge in [0.2, 0.25) is 0 Å². The zero-order valence-electron chi connectivity index (χ0n) is 41.5. The first-order valence-corrected chi connectivity index (χ1v) is 30.4. The van der Waals surface area contributed by atoms with Gasteiger partial charge in [0.15, 0.2) is 39.5 Å². The first-order chi connectivity index (χ1) is 35.2. The largest absolute Gasteiger partial charge is 0.748 e. The molecule has 6 aliphatic rings. The average molecular weight is 1080 g/mol. The number of carbonyl (C=O) groups is 2. The molecule has 6 fully saturated rings. The number of alkyl halides is 2. The molecular weight excluding hydrogens is 1020 g/mol. The lowest BCUT2D eigenvalue weighted by Crippen LogP contribution is -2.49. The number of fused-ring (bicyclic) bond motifs is 2. The van der Waals surface area contributed by atoms with E-state index < -0.39 is 42.6 Å². The minimum Gasteiger partial charge on any atom is -0.748 e. The predicted octanol–water partition coefficient (Wildman–Crippen LogP) is 12.4. The number of ketones is 1. The van der Waals surface area contributed by atoms with Crippen LogP contribution >= 0.6 is 0 Å². The van der Waals surface area contributed by atoms with Crippen LogP contribution in [0.3, 0.4) is 0 Å². The standard InChI is InChI=1S/2C18H15S.C13H18F2O5S.C10H16O4S/c2*1-4-10-16(11-5-1)19(17-12-6-2-7-13-17)18-14-8-3-9-15-18;14-13(15,21(17,18)19)11(16)20-7-12-4-8-1-9(5-12)3-10(2-8)6-12;1-9(2)7-3-4-10(9,8(11)5-7)6-15(12,13)14/h2*1-15H;8-10H,1-7H2,(H,17,18,19);7H,3-6H2,1-2H3,(H,12,13,14)/q2*+1;;/p-2. The van der Waals surface area contributed by atoms with E-state index in [1.54, 1.807) is 0 Å². The number of ether oxygens (including phenoxy) is 1. The van der Waals surface area contributed by atoms with Gasteiger partial charge in [0, 0.05) is 17.3 Å². The molecular formula is C59H62F2O9S4. The van der Waals surface area contributed by atoms with Gasteiger partial charge in [0.1, 0.15) is 5.78 Å². The highest BCUT2D eigenvalue weighted by Crippen LogP contribution is 2.64. The number of esters is 1. The lowest BCUT2D eigenvalue weighted by atomic mass is 9.50. The monoisotopic (exact) mass is 1080 g/mol. The van der Waals surface area contributed by atoms with E-state index in [4.69, 9.17) is 0 Å². The van der Waals surface area contributed by atoms with Gasteiger partial charge in [-0.05, 0) is 153 Å². The lowest BCUT2D eigenvalue weighted by Gasteiger charge is -2.56. The van der Waals surface area contributed by atoms with Crippen LogP contribution in [0.25, 0.3) is 0 Å². The summed E-state index contributed by atoms with van der Waals surface area (Å²) in [5, 5.41) is -5.00. The van der Waals surface area contributed by atoms with Crippen molar-refractivity contribution in [1.29, 1.82) is 0 Å². The van der Waals surface area contributed by atoms with Gasteiger partial charge in [0.25, 0.3) is 0 Å². The molecule has 0 radical (unpaired) electrons. The van der Waals surface area contributed by atoms with Crippen molar-refractivity contribution in [3.8, 4) is 0 Å². The molecule has 74 heavy (non-hydrogen) atoms. The van der Waals surface area contributed by atoms with Crippen LogP contribution in [0.5, 0.6) is 0 Å². The highest BCUT2D eigenvalue weighted by atomic mass is 32.2. The van der Waals surface area contributed by atoms with Crippen molar-refractivity contribution in [2.24, 2.45) is 39.9 Å². The molecule has 6 bridgehead atoms. The van der Waals surface area contributed by atoms with E-state index in [1.165, 1.54) is 29.4 Å². The molecule has 6 aliphatic carbocycles. The Kier molecular flexibility index (Phi) is 17.1. The van der Waals surface area contributed by atoms with E-state index in [9.17, 15) is 44.3 Å². The van der Waals surface area contributed by atoms with Crippen molar-refractivity contribution < 1.29 is 49.0 Å². The molecule has 6 saturated carbocycles. The Labute approximate surface area is 440 Å². The number of hydrogen-bond donors (Lipinski definition) is 0. The SMILES string of the molecule is CC1(C)C2CCC1(CS(=O)(=O)[O-])C(=O)C2.O=C(OCC12CC3CC(CC(C3)C1)C2)C(F)(F)S(=O)(=O)[O-].c1ccc([S+](c2ccccc2)c2ccccc2)cc1.c1ccc([S+](c2ccccc2)c2ccccc2)cc1. The van der Waals surface area contributed by atoms with Crippen LogP contribution in [0.2, 0.25) is 0 Å². The maximum Gasteiger partial charge on any atom is 0.428 e. The number of Topliss-reactive ketones (excluding diaryl/α,β-unsaturated/α-hetero) is 1. The van der Waals surface area contributed by atoms with Crippen LogP contribution < -0.4 is 0 Å². The molecule has 390 valence electrons. The van der Waals surface area contributed by atoms with Gasteiger partial charge in [-0.3, -0.25) is 4.79 Å². The summed E-state index contributed by atoms with van der Waals surface area (Å²) in [5.74, 6) is -0.859. The second kappa shape index (κ2) is 23.0. The van der Waals surface area contributed by atoms with Crippen molar-refractivity contribution >= 4 is 53.8 Å². The molecule has 0 heterocycles. The van der Waals surface area contributed by atoms with E-state index in [-0.39, 0.29) is 50.9 Å². The van der Waals surface area contributed by atoms with Crippen LogP contribution in [0, 0.1) is 39.9 Å². The fourth-order valence-corrected chi connectivity index (χ4v) is 18.2. The Morgan fingerprint density at radius 2 is 0.892 bits per heavy atom. The van der Waals surface area contributed by atoms with Crippen LogP contribution in [0.1, 0.15) is 71.6 Å². The Morgan fingerprint density at radius 3 is 1.14 bits per heavy atom. The summed E-state index contributed by atoms with van der Waals surface area (Å²) in [6.45, 7) is 3.63. The number of halogens is 2. The van der Waals surface area contributed by atoms with Crippen LogP contribution in [-0.2, 0) is 56.4 Å². The van der Waals surface area contributed by atoms with Gasteiger partial charge < -0.3 is 13.8 Å². The quantitative estimate of drug-likeness (QED) is 0.0661. The zero-order valence-corrected chi connectivity index (χ0v) is 44.7. The predicted molar refractivity (Wildman–Crippen MR) is 282 cm³/mol. The summed E-state index contributed by atoms with van der Waals surface area (Å²) in [6, 6.07) is 64.3. The normalized spacial score (nSPS) is 24.2. The van der Waals surface area contributed by atoms with E-state index in [2.05, 4.69) is 187 Å². The Hall–Kier alpha value is -5.16. The number of carbonyl (C=O) groups excluding carboxylic acids is 2. The molecule has 0 aliphatic heterocycles. The van der Waals surface area contributed by atoms with Crippen molar-refractivity contribution in [2.45, 2.75) is 106 Å². The number of benzene rings is 6. The lowest BCUT2D eigenvalue weighted by molar-refractivity contribution is -0.172. The maximum absolute atomic E-state index is 13.1. The van der Waals surface area contributed by atoms with Crippen molar-refractivity contribution in [2.75, 3.05) is 12.4 Å². The number of rotatable bonds is 12. The Morgan fingerprint density at radius 1 is 0.581 bits per heavy atom. The molecule has 12 rings (SSSR count). The summed E-state index contributed by atoms with van der Waals surface area (Å²) in [7, 11) is -10.4. The second-order valence-electron chi connectivity index (χ2n) is 20.8. The minimum absolute atomic E-state index is 0.0146. The van der Waals surface area contributed by atoms with Crippen LogP contribution in [0.4, 0.5) is 8.78 Å². The fraction of sp³-hybridized carbons (Fsp3) is 0.356. The summed E-state index contributed by atoms with van der Waals surface area (Å²) < 4.78 is 94.7. The van der Waals surface area contributed by atoms with Crippen LogP contribution in [-0.4, -0.2) is 55.3 Å². The summed E-state index contributed by atoms with van der Waals surface area (Å²) in [5.41, 5.74) is -1.52. The second-order valence-corrected chi connectivity index (χ2v) is 27.7. The molecule has 9 nitrogen and oxygen atoms in total. The Balaban J connectivity index is 0.000000132. The van der Waals surface area contributed by atoms with E-state index in [0.29, 0.717) is 30.6 Å². The third kappa shape index (κ3) is 12.6. The van der Waals surface area contributed by atoms with Gasteiger partial charge in [-0.2, -0.15) is 8.78 Å². The molecule has 0 spiro atoms. The van der Waals surface area contributed by atoms with Gasteiger partial charge in [-0.25, -0.2) is 21.6 Å². The van der Waals surface area contributed by atoms with Gasteiger partial charge in [-0.15, -0.1) is 0 Å². The maximum atomic E-state index is 13.1. The minimum atomic E-state index is -6.04. The van der Waals surface area contributed by atoms with Gasteiger partial charge >= 0.3 is 11.2 Å². The van der Waals surface area contributed by atoms with E-state index in [1.807, 2.05) is 13.8 Å². The highest BCUT2D eigenvalue weighted by Gasteiger charge is 2.64. The van der Waals surface area contributed by atoms with Crippen molar-refractivity contribution in [1.82, 2.24) is 0 Å². The number of hydrogen-bond acceptors (Lipinski definition) is 9. The molecule has 0 saturated heterocycles. The smallest absolute Gasteiger partial charge is 0.428 e. The fourth-order valence-electron chi connectivity index (χ4n) is 12.4. The molecule has 6 aromatic rings. The van der Waals surface area contributed by atoms with Crippen LogP contribution in [0.15, 0.2) is 211 Å². The summed E-state index contributed by atoms with van der Waals surface area (Å²) in [6.07, 6.45) is 7.84. The third-order valence-corrected chi connectivity index (χ3v) is 21.8. The van der Waals surface area contributed by atoms with E-state index in [0.717, 1.165) is 44.9 Å². The molecule has 15 heteroatoms. The van der Waals surface area contributed by atoms with Gasteiger partial charge in [-0.1, -0.05) is 123 Å². The summed E-state index contributed by atoms with van der Waals surface area (Å²) in [4.78, 5) is 31.3. The first-order valence-electron chi connectivity index (χ1n) is 25.0. The van der Waals surface area contributed by atoms with Crippen molar-refractivity contribution in [3.05, 3.63) is 182 Å². The molecule has 2 atom stereocenters. The van der Waals surface area contributed by atoms with Gasteiger partial charge in [0.05, 0.1) is 44.3 Å². The Bertz CT molecular complexity index is 2700. The molecule has 2 unspecified atom stereocenters. The molecule has 0 N–H and O–H groups in total. The topological polar surface area (TPSA) is 158 Å². The molecule has 0 aromatic heterocycles. The first kappa shape index (κ1) is 55.1. The van der Waals surface area contributed by atoms with Crippen molar-refractivity contribution in [3.63, 3.8) is 0 Å². The molecule has 6 aromatic carbocycles. The summed E-state index contributed by atoms with van der Waals surface area (Å²) >= 11 is 0. The highest BCUT2D eigenvalue weighted by molar-refractivity contribution is 7.97.